The third kappa shape index (κ3) is 9.13. The van der Waals surface area contributed by atoms with Crippen LogP contribution in [0.2, 0.25) is 0 Å². The number of hydrogen-bond donors (Lipinski definition) is 0. The molecule has 10 heteroatoms. The van der Waals surface area contributed by atoms with Crippen molar-refractivity contribution >= 4 is 0 Å². The maximum atomic E-state index is 12.4. The second-order valence-corrected chi connectivity index (χ2v) is 3.22. The summed E-state index contributed by atoms with van der Waals surface area (Å²) in [5, 5.41) is 0. The van der Waals surface area contributed by atoms with Crippen LogP contribution in [0.25, 0.3) is 0 Å². The average molecular weight is 394 g/mol. The van der Waals surface area contributed by atoms with Gasteiger partial charge in [-0.25, -0.2) is 8.78 Å². The molecule has 1 aliphatic rings. The fourth-order valence-electron chi connectivity index (χ4n) is 1.09. The van der Waals surface area contributed by atoms with Crippen LogP contribution in [-0.2, 0) is 32.5 Å². The normalized spacial score (nSPS) is 12.1. The Morgan fingerprint density at radius 3 is 1.17 bits per heavy atom. The SMILES string of the molecule is Fc1[c-]c(F)c(F)c(C(F)(F)F)c1F.[C-]#[O+].[C-]#[O+].[CH]1[CH][CH][CH][CH]1.[Fe]. The van der Waals surface area contributed by atoms with Gasteiger partial charge in [-0.1, -0.05) is 0 Å². The third-order valence-corrected chi connectivity index (χ3v) is 1.88. The molecule has 0 spiro atoms. The largest absolute Gasteiger partial charge is 0.0312 e. The van der Waals surface area contributed by atoms with E-state index in [1.165, 1.54) is 0 Å². The van der Waals surface area contributed by atoms with Crippen LogP contribution in [-0.4, -0.2) is 0 Å². The van der Waals surface area contributed by atoms with Crippen LogP contribution in [0.15, 0.2) is 0 Å². The molecule has 0 heterocycles. The molecule has 1 aromatic carbocycles. The Morgan fingerprint density at radius 1 is 0.708 bits per heavy atom. The van der Waals surface area contributed by atoms with Gasteiger partial charge in [0.2, 0.25) is 0 Å². The van der Waals surface area contributed by atoms with Crippen LogP contribution < -0.4 is 0 Å². The Balaban J connectivity index is -0.000000368. The van der Waals surface area contributed by atoms with E-state index in [1.807, 2.05) is 32.1 Å². The maximum absolute atomic E-state index is 12.4. The second-order valence-electron chi connectivity index (χ2n) is 3.22. The van der Waals surface area contributed by atoms with Crippen molar-refractivity contribution in [2.45, 2.75) is 6.18 Å². The monoisotopic (exact) mass is 394 g/mol. The molecule has 2 nitrogen and oxygen atoms in total. The molecule has 0 aliphatic heterocycles. The van der Waals surface area contributed by atoms with Gasteiger partial charge in [-0.15, -0.1) is 6.07 Å². The number of hydrogen-bond acceptors (Lipinski definition) is 0. The van der Waals surface area contributed by atoms with Gasteiger partial charge in [-0.2, -0.15) is 13.2 Å². The zero-order valence-corrected chi connectivity index (χ0v) is 12.3. The van der Waals surface area contributed by atoms with E-state index in [4.69, 9.17) is 9.30 Å². The molecule has 1 aliphatic carbocycles. The maximum Gasteiger partial charge on any atom is 0 e. The first-order chi connectivity index (χ1) is 10.7. The van der Waals surface area contributed by atoms with Gasteiger partial charge in [-0.05, 0) is 32.1 Å². The Morgan fingerprint density at radius 2 is 0.958 bits per heavy atom. The predicted molar refractivity (Wildman–Crippen MR) is 59.5 cm³/mol. The van der Waals surface area contributed by atoms with Crippen molar-refractivity contribution in [3.63, 3.8) is 0 Å². The van der Waals surface area contributed by atoms with Gasteiger partial charge in [0.05, 0.1) is 11.6 Å². The van der Waals surface area contributed by atoms with Crippen LogP contribution in [0.3, 0.4) is 0 Å². The van der Waals surface area contributed by atoms with Crippen molar-refractivity contribution in [2.24, 2.45) is 0 Å². The molecule has 2 rings (SSSR count). The number of benzene rings is 1. The first kappa shape index (κ1) is 27.6. The number of alkyl halides is 3. The molecular weight excluding hydrogens is 389 g/mol. The number of halogens is 7. The summed E-state index contributed by atoms with van der Waals surface area (Å²) in [5.41, 5.74) is -2.59. The fourth-order valence-corrected chi connectivity index (χ4v) is 1.09. The minimum atomic E-state index is -5.50. The Labute approximate surface area is 144 Å². The fraction of sp³-hybridized carbons (Fsp3) is 0.0714. The minimum absolute atomic E-state index is 0. The summed E-state index contributed by atoms with van der Waals surface area (Å²) in [6.45, 7) is 9.00. The van der Waals surface area contributed by atoms with Crippen molar-refractivity contribution in [2.75, 3.05) is 0 Å². The summed E-state index contributed by atoms with van der Waals surface area (Å²) in [7, 11) is 0. The molecule has 131 valence electrons. The molecule has 1 fully saturated rings. The third-order valence-electron chi connectivity index (χ3n) is 1.88. The summed E-state index contributed by atoms with van der Waals surface area (Å²) >= 11 is 0. The van der Waals surface area contributed by atoms with Crippen molar-refractivity contribution in [3.8, 4) is 0 Å². The zero-order chi connectivity index (χ0) is 18.6. The van der Waals surface area contributed by atoms with Gasteiger partial charge < -0.3 is 0 Å². The Hall–Kier alpha value is -1.27. The van der Waals surface area contributed by atoms with E-state index in [-0.39, 0.29) is 17.1 Å². The van der Waals surface area contributed by atoms with Gasteiger partial charge >= 0.3 is 28.8 Å². The van der Waals surface area contributed by atoms with Crippen LogP contribution >= 0.6 is 0 Å². The summed E-state index contributed by atoms with van der Waals surface area (Å²) < 4.78 is 99.8. The summed E-state index contributed by atoms with van der Waals surface area (Å²) in [6, 6.07) is 0.836. The molecule has 0 saturated heterocycles. The van der Waals surface area contributed by atoms with Gasteiger partial charge in [0.15, 0.2) is 0 Å². The molecule has 0 N–H and O–H groups in total. The van der Waals surface area contributed by atoms with E-state index in [1.54, 1.807) is 0 Å². The molecule has 5 radical (unpaired) electrons. The van der Waals surface area contributed by atoms with Crippen LogP contribution in [0, 0.1) is 74.7 Å². The van der Waals surface area contributed by atoms with Crippen LogP contribution in [0.5, 0.6) is 0 Å². The van der Waals surface area contributed by atoms with E-state index in [0.717, 1.165) is 6.07 Å². The van der Waals surface area contributed by atoms with E-state index in [0.29, 0.717) is 0 Å². The standard InChI is InChI=1S/C7F7.C5H5.2CO.Fe/c8-2-1-3(9)6(11)4(5(2)10)7(12,13)14;1-2-4-5-3-1;2*1-2;/h;1-5H;;;/q-1;;;;. The van der Waals surface area contributed by atoms with Crippen molar-refractivity contribution < 1.29 is 57.1 Å². The quantitative estimate of drug-likeness (QED) is 0.210. The van der Waals surface area contributed by atoms with E-state index >= 15 is 0 Å². The Bertz CT molecular complexity index is 483. The number of rotatable bonds is 0. The predicted octanol–water partition coefficient (Wildman–Crippen LogP) is 4.01. The topological polar surface area (TPSA) is 39.8 Å². The molecule has 0 bridgehead atoms. The zero-order valence-electron chi connectivity index (χ0n) is 11.2. The summed E-state index contributed by atoms with van der Waals surface area (Å²) in [4.78, 5) is 0. The molecule has 0 unspecified atom stereocenters. The summed E-state index contributed by atoms with van der Waals surface area (Å²) in [5.74, 6) is -9.43. The molecule has 1 aromatic rings. The minimum Gasteiger partial charge on any atom is -0.0312 e. The van der Waals surface area contributed by atoms with Gasteiger partial charge in [-0.3, -0.25) is 8.78 Å². The second kappa shape index (κ2) is 14.1. The van der Waals surface area contributed by atoms with Gasteiger partial charge in [0.1, 0.15) is 0 Å². The average Bonchev–Trinajstić information content (AvgIpc) is 3.08. The van der Waals surface area contributed by atoms with Crippen LogP contribution in [0.1, 0.15) is 5.56 Å². The molecule has 0 atom stereocenters. The molecular formula is C14H5F7FeO2-. The van der Waals surface area contributed by atoms with Crippen molar-refractivity contribution in [1.29, 1.82) is 0 Å². The van der Waals surface area contributed by atoms with Crippen molar-refractivity contribution in [3.05, 3.63) is 80.3 Å². The van der Waals surface area contributed by atoms with E-state index in [2.05, 4.69) is 13.3 Å². The smallest absolute Gasteiger partial charge is 0 e. The molecule has 0 amide bonds. The van der Waals surface area contributed by atoms with Gasteiger partial charge in [0, 0.05) is 34.3 Å². The van der Waals surface area contributed by atoms with E-state index in [9.17, 15) is 30.7 Å². The molecule has 0 aromatic heterocycles. The van der Waals surface area contributed by atoms with Crippen LogP contribution in [0.4, 0.5) is 30.7 Å². The van der Waals surface area contributed by atoms with E-state index < -0.39 is 35.0 Å². The first-order valence-corrected chi connectivity index (χ1v) is 5.15. The molecule has 1 saturated carbocycles. The molecule has 24 heavy (non-hydrogen) atoms. The Kier molecular flexibility index (Phi) is 16.2. The summed E-state index contributed by atoms with van der Waals surface area (Å²) in [6.07, 6.45) is 4.50. The van der Waals surface area contributed by atoms with Gasteiger partial charge in [0.25, 0.3) is 0 Å². The first-order valence-electron chi connectivity index (χ1n) is 5.15. The van der Waals surface area contributed by atoms with Crippen molar-refractivity contribution in [1.82, 2.24) is 0 Å².